The van der Waals surface area contributed by atoms with Crippen molar-refractivity contribution in [1.29, 1.82) is 10.5 Å². The van der Waals surface area contributed by atoms with E-state index >= 15 is 0 Å². The molecule has 3 aromatic heterocycles. The lowest BCUT2D eigenvalue weighted by Gasteiger charge is -2.19. The smallest absolute Gasteiger partial charge is 0.322 e. The highest BCUT2D eigenvalue weighted by atomic mass is 35.5. The summed E-state index contributed by atoms with van der Waals surface area (Å²) in [5, 5.41) is 45.8. The molecule has 2 aliphatic carbocycles. The van der Waals surface area contributed by atoms with Gasteiger partial charge in [0.05, 0.1) is 22.0 Å². The van der Waals surface area contributed by atoms with E-state index in [0.29, 0.717) is 59.4 Å². The lowest BCUT2D eigenvalue weighted by molar-refractivity contribution is -0.385. The van der Waals surface area contributed by atoms with E-state index in [2.05, 4.69) is 57.8 Å². The average molecular weight is 662 g/mol. The molecule has 1 aliphatic heterocycles. The first-order valence-corrected chi connectivity index (χ1v) is 16.0. The fourth-order valence-corrected chi connectivity index (χ4v) is 6.77. The number of hydrogen-bond acceptors (Lipinski definition) is 11. The number of anilines is 2. The van der Waals surface area contributed by atoms with Crippen LogP contribution >= 0.6 is 11.6 Å². The highest BCUT2D eigenvalue weighted by molar-refractivity contribution is 6.34. The molecule has 6 atom stereocenters. The Morgan fingerprint density at radius 3 is 2.28 bits per heavy atom. The number of fused-ring (bicyclic) bond motifs is 2. The van der Waals surface area contributed by atoms with Crippen LogP contribution in [0.1, 0.15) is 70.8 Å². The van der Waals surface area contributed by atoms with Crippen molar-refractivity contribution in [2.75, 3.05) is 10.6 Å². The summed E-state index contributed by atoms with van der Waals surface area (Å²) in [4.78, 5) is 31.7. The molecule has 0 aromatic carbocycles. The zero-order valence-corrected chi connectivity index (χ0v) is 27.0. The van der Waals surface area contributed by atoms with Gasteiger partial charge < -0.3 is 16.0 Å². The van der Waals surface area contributed by atoms with Gasteiger partial charge in [-0.05, 0) is 68.3 Å². The third-order valence-corrected chi connectivity index (χ3v) is 9.48. The van der Waals surface area contributed by atoms with Crippen LogP contribution in [0.4, 0.5) is 22.9 Å². The molecular formula is C32H38ClN10O4+. The van der Waals surface area contributed by atoms with Gasteiger partial charge in [-0.2, -0.15) is 20.8 Å². The summed E-state index contributed by atoms with van der Waals surface area (Å²) >= 11 is 5.76. The van der Waals surface area contributed by atoms with Gasteiger partial charge in [-0.15, -0.1) is 0 Å². The molecule has 246 valence electrons. The van der Waals surface area contributed by atoms with E-state index in [4.69, 9.17) is 27.9 Å². The minimum Gasteiger partial charge on any atom is -0.376 e. The summed E-state index contributed by atoms with van der Waals surface area (Å²) < 4.78 is 0. The van der Waals surface area contributed by atoms with Crippen LogP contribution in [-0.2, 0) is 0 Å². The molecule has 3 aromatic rings. The predicted octanol–water partition coefficient (Wildman–Crippen LogP) is 7.11. The number of nitrogens with two attached hydrogens (primary N) is 1. The predicted molar refractivity (Wildman–Crippen MR) is 179 cm³/mol. The SMILES string of the molecule is CC1CC(CCC#N)CC1N.CC1CC(CCC#N)CC1Nc1c([N+](=O)[O-])cnc2[nH]ccc12.O=[N+]([O-])c1cnc2c(c1Cl)C=[C+]N2. The Morgan fingerprint density at radius 1 is 1.02 bits per heavy atom. The maximum absolute atomic E-state index is 11.3. The van der Waals surface area contributed by atoms with E-state index in [1.807, 2.05) is 6.07 Å². The van der Waals surface area contributed by atoms with Crippen LogP contribution in [0.15, 0.2) is 24.7 Å². The molecule has 0 radical (unpaired) electrons. The fraction of sp³-hybridized carbons (Fsp3) is 0.500. The molecule has 15 heteroatoms. The second-order valence-electron chi connectivity index (χ2n) is 12.3. The number of H-pyrrole nitrogens is 1. The number of pyridine rings is 2. The summed E-state index contributed by atoms with van der Waals surface area (Å²) in [6.45, 7) is 4.36. The summed E-state index contributed by atoms with van der Waals surface area (Å²) in [7, 11) is 0. The largest absolute Gasteiger partial charge is 0.376 e. The molecule has 0 spiro atoms. The summed E-state index contributed by atoms with van der Waals surface area (Å²) in [5.41, 5.74) is 7.36. The lowest BCUT2D eigenvalue weighted by Crippen LogP contribution is -2.22. The molecule has 0 bridgehead atoms. The summed E-state index contributed by atoms with van der Waals surface area (Å²) in [5.74, 6) is 2.80. The number of nitro groups is 2. The van der Waals surface area contributed by atoms with Crippen LogP contribution in [0.3, 0.4) is 0 Å². The van der Waals surface area contributed by atoms with Gasteiger partial charge in [-0.25, -0.2) is 4.98 Å². The van der Waals surface area contributed by atoms with E-state index < -0.39 is 9.85 Å². The molecule has 4 heterocycles. The van der Waals surface area contributed by atoms with Crippen LogP contribution in [0.2, 0.25) is 5.02 Å². The third kappa shape index (κ3) is 8.69. The van der Waals surface area contributed by atoms with Crippen molar-refractivity contribution in [1.82, 2.24) is 15.0 Å². The van der Waals surface area contributed by atoms with Crippen molar-refractivity contribution in [2.45, 2.75) is 77.3 Å². The van der Waals surface area contributed by atoms with Gasteiger partial charge in [0.1, 0.15) is 36.0 Å². The van der Waals surface area contributed by atoms with Gasteiger partial charge in [-0.3, -0.25) is 20.2 Å². The van der Waals surface area contributed by atoms with Gasteiger partial charge >= 0.3 is 11.4 Å². The van der Waals surface area contributed by atoms with Crippen molar-refractivity contribution in [3.05, 3.63) is 61.7 Å². The molecule has 0 amide bonds. The maximum Gasteiger partial charge on any atom is 0.322 e. The number of nitrogens with one attached hydrogen (secondary N) is 3. The van der Waals surface area contributed by atoms with Crippen LogP contribution in [0.5, 0.6) is 0 Å². The molecule has 5 N–H and O–H groups in total. The number of hydrogen-bond donors (Lipinski definition) is 4. The standard InChI is InChI=1S/C16H19N5O2.C9H16N2.C7H3ClN3O2/c1-10-7-11(3-2-5-17)8-13(10)20-15-12-4-6-18-16(12)19-9-14(15)21(22)23;1-7-5-8(3-2-4-10)6-9(7)11;8-6-4-1-2-9-7(4)10-3-5(6)11(12)13/h4,6,9-11,13H,2-3,7-8H2,1H3,(H2,18,19,20);7-9H,2-3,5-6,11H2,1H3;1,3H,(H,9,10)/q;;+1. The van der Waals surface area contributed by atoms with Crippen LogP contribution in [-0.4, -0.2) is 36.9 Å². The van der Waals surface area contributed by atoms with Crippen molar-refractivity contribution >= 4 is 51.6 Å². The highest BCUT2D eigenvalue weighted by Crippen LogP contribution is 2.39. The molecule has 6 rings (SSSR count). The number of aromatic nitrogens is 3. The monoisotopic (exact) mass is 661 g/mol. The molecule has 6 unspecified atom stereocenters. The average Bonchev–Trinajstić information content (AvgIpc) is 3.84. The van der Waals surface area contributed by atoms with Crippen LogP contribution in [0.25, 0.3) is 17.1 Å². The highest BCUT2D eigenvalue weighted by Gasteiger charge is 2.33. The van der Waals surface area contributed by atoms with E-state index in [-0.39, 0.29) is 22.4 Å². The first-order chi connectivity index (χ1) is 22.5. The van der Waals surface area contributed by atoms with Gasteiger partial charge in [0.2, 0.25) is 5.02 Å². The Hall–Kier alpha value is -4.88. The Kier molecular flexibility index (Phi) is 12.0. The van der Waals surface area contributed by atoms with Gasteiger partial charge in [-0.1, -0.05) is 25.4 Å². The number of nitrogens with zero attached hydrogens (tertiary/aromatic N) is 6. The molecule has 0 saturated heterocycles. The molecule has 2 fully saturated rings. The lowest BCUT2D eigenvalue weighted by atomic mass is 10.0. The van der Waals surface area contributed by atoms with Crippen LogP contribution in [0, 0.1) is 72.8 Å². The Labute approximate surface area is 277 Å². The second-order valence-corrected chi connectivity index (χ2v) is 12.7. The van der Waals surface area contributed by atoms with Gasteiger partial charge in [0.25, 0.3) is 5.82 Å². The minimum absolute atomic E-state index is 0.00442. The van der Waals surface area contributed by atoms with Gasteiger partial charge in [0, 0.05) is 36.5 Å². The topological polar surface area (TPSA) is 226 Å². The number of halogens is 1. The molecule has 14 nitrogen and oxygen atoms in total. The molecule has 2 saturated carbocycles. The van der Waals surface area contributed by atoms with Crippen LogP contribution < -0.4 is 16.4 Å². The molecule has 3 aliphatic rings. The second kappa shape index (κ2) is 16.1. The molecule has 47 heavy (non-hydrogen) atoms. The quantitative estimate of drug-likeness (QED) is 0.108. The first kappa shape index (κ1) is 35.0. The zero-order valence-electron chi connectivity index (χ0n) is 26.3. The van der Waals surface area contributed by atoms with Gasteiger partial charge in [0.15, 0.2) is 5.56 Å². The Morgan fingerprint density at radius 2 is 1.66 bits per heavy atom. The van der Waals surface area contributed by atoms with Crippen molar-refractivity contribution in [3.63, 3.8) is 0 Å². The van der Waals surface area contributed by atoms with E-state index in [1.165, 1.54) is 18.7 Å². The summed E-state index contributed by atoms with van der Waals surface area (Å²) in [6.07, 6.45) is 15.9. The number of aromatic amines is 1. The minimum atomic E-state index is -0.568. The summed E-state index contributed by atoms with van der Waals surface area (Å²) in [6, 6.07) is 6.76. The van der Waals surface area contributed by atoms with E-state index in [0.717, 1.165) is 49.6 Å². The zero-order chi connectivity index (χ0) is 34.1. The number of nitriles is 2. The fourth-order valence-electron chi connectivity index (χ4n) is 6.50. The maximum atomic E-state index is 11.3. The Balaban J connectivity index is 0.000000176. The molecular weight excluding hydrogens is 624 g/mol. The normalized spacial score (nSPS) is 23.5. The van der Waals surface area contributed by atoms with Crippen molar-refractivity contribution in [3.8, 4) is 12.1 Å². The first-order valence-electron chi connectivity index (χ1n) is 15.6. The van der Waals surface area contributed by atoms with E-state index in [9.17, 15) is 20.2 Å². The Bertz CT molecular complexity index is 1690. The van der Waals surface area contributed by atoms with Crippen molar-refractivity contribution < 1.29 is 9.85 Å². The third-order valence-electron chi connectivity index (χ3n) is 9.08. The van der Waals surface area contributed by atoms with E-state index in [1.54, 1.807) is 6.20 Å². The van der Waals surface area contributed by atoms with Crippen molar-refractivity contribution in [2.24, 2.45) is 29.4 Å². The number of rotatable bonds is 8.